The van der Waals surface area contributed by atoms with E-state index in [0.717, 1.165) is 19.3 Å². The molecule has 1 amide bonds. The van der Waals surface area contributed by atoms with Crippen molar-refractivity contribution < 1.29 is 14.3 Å². The molecule has 19 heavy (non-hydrogen) atoms. The Kier molecular flexibility index (Phi) is 5.15. The molecule has 0 spiro atoms. The lowest BCUT2D eigenvalue weighted by molar-refractivity contribution is -0.115. The Morgan fingerprint density at radius 2 is 1.89 bits per heavy atom. The molecule has 0 saturated carbocycles. The molecule has 4 N–H and O–H groups in total. The SMILES string of the molecule is CCCCCC1C(C(C)=O)=C(C)OC(N)=C1C(N)=O. The quantitative estimate of drug-likeness (QED) is 0.716. The van der Waals surface area contributed by atoms with Crippen molar-refractivity contribution >= 4 is 11.7 Å². The van der Waals surface area contributed by atoms with Crippen molar-refractivity contribution in [3.05, 3.63) is 22.8 Å². The third-order valence-electron chi connectivity index (χ3n) is 3.35. The maximum atomic E-state index is 11.8. The van der Waals surface area contributed by atoms with Crippen molar-refractivity contribution in [2.24, 2.45) is 17.4 Å². The zero-order valence-electron chi connectivity index (χ0n) is 11.8. The summed E-state index contributed by atoms with van der Waals surface area (Å²) in [4.78, 5) is 23.3. The van der Waals surface area contributed by atoms with E-state index in [1.807, 2.05) is 0 Å². The van der Waals surface area contributed by atoms with Crippen molar-refractivity contribution in [1.29, 1.82) is 0 Å². The second-order valence-electron chi connectivity index (χ2n) is 4.82. The molecule has 0 aromatic carbocycles. The van der Waals surface area contributed by atoms with Crippen LogP contribution in [-0.2, 0) is 14.3 Å². The van der Waals surface area contributed by atoms with Crippen LogP contribution in [0.1, 0.15) is 46.5 Å². The second kappa shape index (κ2) is 6.41. The van der Waals surface area contributed by atoms with Crippen LogP contribution < -0.4 is 11.5 Å². The Balaban J connectivity index is 3.12. The standard InChI is InChI=1S/C14H22N2O3/c1-4-5-6-7-10-11(8(2)17)9(3)19-14(16)12(10)13(15)18/h10H,4-7,16H2,1-3H3,(H2,15,18). The molecular formula is C14H22N2O3. The third-order valence-corrected chi connectivity index (χ3v) is 3.35. The summed E-state index contributed by atoms with van der Waals surface area (Å²) in [7, 11) is 0. The van der Waals surface area contributed by atoms with Crippen LogP contribution in [0, 0.1) is 5.92 Å². The van der Waals surface area contributed by atoms with Gasteiger partial charge in [-0.15, -0.1) is 0 Å². The van der Waals surface area contributed by atoms with Gasteiger partial charge < -0.3 is 16.2 Å². The fraction of sp³-hybridized carbons (Fsp3) is 0.571. The van der Waals surface area contributed by atoms with Crippen LogP contribution in [0.3, 0.4) is 0 Å². The molecule has 1 atom stereocenters. The van der Waals surface area contributed by atoms with E-state index in [1.54, 1.807) is 6.92 Å². The molecule has 0 bridgehead atoms. The van der Waals surface area contributed by atoms with Crippen LogP contribution in [0.15, 0.2) is 22.8 Å². The fourth-order valence-electron chi connectivity index (χ4n) is 2.51. The molecule has 1 aliphatic heterocycles. The molecule has 0 aromatic heterocycles. The normalized spacial score (nSPS) is 19.4. The van der Waals surface area contributed by atoms with Crippen LogP contribution in [0.4, 0.5) is 0 Å². The van der Waals surface area contributed by atoms with E-state index in [9.17, 15) is 9.59 Å². The summed E-state index contributed by atoms with van der Waals surface area (Å²) in [6.07, 6.45) is 3.69. The lowest BCUT2D eigenvalue weighted by Crippen LogP contribution is -2.32. The molecule has 106 valence electrons. The first-order chi connectivity index (χ1) is 8.90. The smallest absolute Gasteiger partial charge is 0.250 e. The summed E-state index contributed by atoms with van der Waals surface area (Å²) < 4.78 is 5.29. The number of carbonyl (C=O) groups excluding carboxylic acids is 2. The van der Waals surface area contributed by atoms with E-state index in [1.165, 1.54) is 6.92 Å². The van der Waals surface area contributed by atoms with Gasteiger partial charge >= 0.3 is 0 Å². The number of carbonyl (C=O) groups is 2. The van der Waals surface area contributed by atoms with Crippen molar-refractivity contribution in [2.45, 2.75) is 46.5 Å². The van der Waals surface area contributed by atoms with Gasteiger partial charge in [0.1, 0.15) is 5.76 Å². The number of ether oxygens (including phenoxy) is 1. The number of rotatable bonds is 6. The maximum absolute atomic E-state index is 11.8. The number of allylic oxidation sites excluding steroid dienone is 2. The maximum Gasteiger partial charge on any atom is 0.250 e. The van der Waals surface area contributed by atoms with Gasteiger partial charge in [0.15, 0.2) is 11.7 Å². The van der Waals surface area contributed by atoms with Crippen LogP contribution in [0.25, 0.3) is 0 Å². The summed E-state index contributed by atoms with van der Waals surface area (Å²) in [5.74, 6) is -0.571. The molecule has 1 aliphatic rings. The summed E-state index contributed by atoms with van der Waals surface area (Å²) in [6.45, 7) is 5.25. The van der Waals surface area contributed by atoms with E-state index in [0.29, 0.717) is 17.8 Å². The minimum absolute atomic E-state index is 0.0245. The zero-order valence-corrected chi connectivity index (χ0v) is 11.8. The second-order valence-corrected chi connectivity index (χ2v) is 4.82. The highest BCUT2D eigenvalue weighted by Gasteiger charge is 2.34. The van der Waals surface area contributed by atoms with E-state index in [-0.39, 0.29) is 23.2 Å². The van der Waals surface area contributed by atoms with Crippen LogP contribution in [0.5, 0.6) is 0 Å². The molecule has 1 unspecified atom stereocenters. The largest absolute Gasteiger partial charge is 0.445 e. The van der Waals surface area contributed by atoms with Gasteiger partial charge in [-0.2, -0.15) is 0 Å². The number of hydrogen-bond acceptors (Lipinski definition) is 4. The molecule has 5 nitrogen and oxygen atoms in total. The van der Waals surface area contributed by atoms with E-state index < -0.39 is 5.91 Å². The molecular weight excluding hydrogens is 244 g/mol. The third kappa shape index (κ3) is 3.36. The average Bonchev–Trinajstić information content (AvgIpc) is 2.27. The number of nitrogens with two attached hydrogens (primary N) is 2. The number of ketones is 1. The topological polar surface area (TPSA) is 95.4 Å². The van der Waals surface area contributed by atoms with Crippen molar-refractivity contribution in [2.75, 3.05) is 0 Å². The number of unbranched alkanes of at least 4 members (excludes halogenated alkanes) is 2. The molecule has 0 radical (unpaired) electrons. The zero-order chi connectivity index (χ0) is 14.6. The van der Waals surface area contributed by atoms with Gasteiger partial charge in [-0.05, 0) is 20.3 Å². The first-order valence-corrected chi connectivity index (χ1v) is 6.59. The molecule has 1 rings (SSSR count). The lowest BCUT2D eigenvalue weighted by atomic mass is 9.82. The first-order valence-electron chi connectivity index (χ1n) is 6.59. The van der Waals surface area contributed by atoms with Gasteiger partial charge in [0.05, 0.1) is 5.57 Å². The first kappa shape index (κ1) is 15.3. The van der Waals surface area contributed by atoms with Crippen LogP contribution >= 0.6 is 0 Å². The lowest BCUT2D eigenvalue weighted by Gasteiger charge is -2.28. The summed E-state index contributed by atoms with van der Waals surface area (Å²) >= 11 is 0. The Bertz CT molecular complexity index is 414. The Hall–Kier alpha value is -1.78. The molecule has 0 aromatic rings. The van der Waals surface area contributed by atoms with E-state index in [4.69, 9.17) is 16.2 Å². The predicted molar refractivity (Wildman–Crippen MR) is 72.5 cm³/mol. The van der Waals surface area contributed by atoms with Gasteiger partial charge in [0.2, 0.25) is 0 Å². The van der Waals surface area contributed by atoms with Gasteiger partial charge in [-0.3, -0.25) is 9.59 Å². The molecule has 0 saturated heterocycles. The average molecular weight is 266 g/mol. The van der Waals surface area contributed by atoms with Gasteiger partial charge in [-0.1, -0.05) is 26.2 Å². The van der Waals surface area contributed by atoms with Crippen LogP contribution in [0.2, 0.25) is 0 Å². The number of Topliss-reactive ketones (excluding diaryl/α,β-unsaturated/α-hetero) is 1. The Morgan fingerprint density at radius 1 is 1.26 bits per heavy atom. The number of primary amides is 1. The summed E-state index contributed by atoms with van der Waals surface area (Å²) in [5, 5.41) is 0. The molecule has 0 aliphatic carbocycles. The molecule has 5 heteroatoms. The van der Waals surface area contributed by atoms with Crippen molar-refractivity contribution in [3.63, 3.8) is 0 Å². The van der Waals surface area contributed by atoms with E-state index in [2.05, 4.69) is 6.92 Å². The highest BCUT2D eigenvalue weighted by Crippen LogP contribution is 2.35. The minimum atomic E-state index is -0.620. The Morgan fingerprint density at radius 3 is 2.37 bits per heavy atom. The molecule has 1 heterocycles. The van der Waals surface area contributed by atoms with Gasteiger partial charge in [0, 0.05) is 11.5 Å². The minimum Gasteiger partial charge on any atom is -0.445 e. The number of hydrogen-bond donors (Lipinski definition) is 2. The Labute approximate surface area is 113 Å². The highest BCUT2D eigenvalue weighted by molar-refractivity contribution is 6.00. The van der Waals surface area contributed by atoms with Gasteiger partial charge in [0.25, 0.3) is 5.91 Å². The fourth-order valence-corrected chi connectivity index (χ4v) is 2.51. The van der Waals surface area contributed by atoms with Crippen molar-refractivity contribution in [3.8, 4) is 0 Å². The summed E-state index contributed by atoms with van der Waals surface area (Å²) in [6, 6.07) is 0. The molecule has 0 fully saturated rings. The predicted octanol–water partition coefficient (Wildman–Crippen LogP) is 1.73. The highest BCUT2D eigenvalue weighted by atomic mass is 16.5. The van der Waals surface area contributed by atoms with Crippen molar-refractivity contribution in [1.82, 2.24) is 0 Å². The van der Waals surface area contributed by atoms with Crippen LogP contribution in [-0.4, -0.2) is 11.7 Å². The van der Waals surface area contributed by atoms with Gasteiger partial charge in [-0.25, -0.2) is 0 Å². The summed E-state index contributed by atoms with van der Waals surface area (Å²) in [5.41, 5.74) is 11.8. The van der Waals surface area contributed by atoms with E-state index >= 15 is 0 Å². The monoisotopic (exact) mass is 266 g/mol. The number of amides is 1.